The molecular weight excluding hydrogens is 544 g/mol. The molecule has 0 fully saturated rings. The van der Waals surface area contributed by atoms with Crippen molar-refractivity contribution in [2.75, 3.05) is 27.8 Å². The van der Waals surface area contributed by atoms with Gasteiger partial charge in [0, 0.05) is 45.2 Å². The Balaban J connectivity index is 1.89. The fraction of sp³-hybridized carbons (Fsp3) is 0.438. The molecule has 224 valence electrons. The van der Waals surface area contributed by atoms with Crippen molar-refractivity contribution in [2.45, 2.75) is 53.8 Å². The molecule has 0 spiro atoms. The van der Waals surface area contributed by atoms with E-state index in [1.807, 2.05) is 26.0 Å². The Morgan fingerprint density at radius 2 is 1.10 bits per heavy atom. The van der Waals surface area contributed by atoms with Crippen molar-refractivity contribution in [3.05, 3.63) is 46.6 Å². The summed E-state index contributed by atoms with van der Waals surface area (Å²) in [6.45, 7) is 10.9. The van der Waals surface area contributed by atoms with E-state index in [9.17, 15) is 9.59 Å². The zero-order chi connectivity index (χ0) is 30.3. The lowest BCUT2D eigenvalue weighted by atomic mass is 9.74. The second-order valence-corrected chi connectivity index (χ2v) is 10.5. The zero-order valence-corrected chi connectivity index (χ0v) is 25.1. The predicted octanol–water partition coefficient (Wildman–Crippen LogP) is 6.22. The smallest absolute Gasteiger partial charge is 0.333 e. The number of carbonyl (C=O) groups excluding carboxylic acids is 2. The molecule has 10 nitrogen and oxygen atoms in total. The van der Waals surface area contributed by atoms with Crippen LogP contribution in [0.3, 0.4) is 0 Å². The van der Waals surface area contributed by atoms with E-state index in [1.165, 1.54) is 14.2 Å². The van der Waals surface area contributed by atoms with Gasteiger partial charge in [0.1, 0.15) is 12.2 Å². The molecule has 0 saturated carbocycles. The third-order valence-corrected chi connectivity index (χ3v) is 8.33. The number of carbonyl (C=O) groups is 2. The highest BCUT2D eigenvalue weighted by molar-refractivity contribution is 5.92. The fourth-order valence-corrected chi connectivity index (χ4v) is 5.53. The largest absolute Gasteiger partial charge is 0.492 e. The van der Waals surface area contributed by atoms with Gasteiger partial charge < -0.3 is 37.9 Å². The number of methoxy groups -OCH3 is 2. The molecule has 2 aliphatic heterocycles. The lowest BCUT2D eigenvalue weighted by molar-refractivity contribution is -0.156. The molecule has 0 amide bonds. The topological polar surface area (TPSA) is 108 Å². The van der Waals surface area contributed by atoms with Crippen molar-refractivity contribution in [3.8, 4) is 45.6 Å². The molecule has 3 aliphatic rings. The first kappa shape index (κ1) is 29.2. The van der Waals surface area contributed by atoms with Gasteiger partial charge >= 0.3 is 11.9 Å². The van der Waals surface area contributed by atoms with Crippen LogP contribution >= 0.6 is 0 Å². The maximum atomic E-state index is 13.3. The van der Waals surface area contributed by atoms with Gasteiger partial charge in [-0.2, -0.15) is 0 Å². The molecule has 1 aliphatic carbocycles. The van der Waals surface area contributed by atoms with Crippen LogP contribution in [0.25, 0.3) is 11.1 Å². The highest BCUT2D eigenvalue weighted by atomic mass is 16.7. The minimum absolute atomic E-state index is 0.00330. The molecule has 0 unspecified atom stereocenters. The number of esters is 2. The summed E-state index contributed by atoms with van der Waals surface area (Å²) >= 11 is 0. The molecule has 0 bridgehead atoms. The van der Waals surface area contributed by atoms with Crippen LogP contribution in [-0.2, 0) is 19.1 Å². The van der Waals surface area contributed by atoms with Crippen LogP contribution in [0.1, 0.15) is 64.9 Å². The van der Waals surface area contributed by atoms with Gasteiger partial charge in [0.25, 0.3) is 0 Å². The monoisotopic (exact) mass is 580 g/mol. The first-order chi connectivity index (χ1) is 20.2. The quantitative estimate of drug-likeness (QED) is 0.289. The minimum atomic E-state index is -0.798. The maximum Gasteiger partial charge on any atom is 0.333 e. The van der Waals surface area contributed by atoms with Crippen LogP contribution in [0.15, 0.2) is 35.4 Å². The predicted molar refractivity (Wildman–Crippen MR) is 152 cm³/mol. The highest BCUT2D eigenvalue weighted by Gasteiger charge is 2.45. The molecule has 0 N–H and O–H groups in total. The minimum Gasteiger partial charge on any atom is -0.492 e. The van der Waals surface area contributed by atoms with Crippen molar-refractivity contribution in [1.29, 1.82) is 0 Å². The molecule has 42 heavy (non-hydrogen) atoms. The summed E-state index contributed by atoms with van der Waals surface area (Å²) in [5, 5.41) is 0. The van der Waals surface area contributed by atoms with E-state index < -0.39 is 24.1 Å². The number of fused-ring (bicyclic) bond motifs is 5. The van der Waals surface area contributed by atoms with Gasteiger partial charge in [0.15, 0.2) is 23.0 Å². The van der Waals surface area contributed by atoms with Crippen LogP contribution in [0.5, 0.6) is 34.5 Å². The summed E-state index contributed by atoms with van der Waals surface area (Å²) in [5.74, 6) is 0.795. The maximum absolute atomic E-state index is 13.3. The highest BCUT2D eigenvalue weighted by Crippen LogP contribution is 2.61. The number of benzene rings is 2. The Bertz CT molecular complexity index is 1380. The van der Waals surface area contributed by atoms with Gasteiger partial charge in [0.05, 0.1) is 14.2 Å². The average Bonchev–Trinajstić information content (AvgIpc) is 3.68. The molecule has 0 radical (unpaired) electrons. The Labute approximate surface area is 245 Å². The summed E-state index contributed by atoms with van der Waals surface area (Å²) in [5.41, 5.74) is 3.26. The molecule has 2 aromatic rings. The first-order valence-electron chi connectivity index (χ1n) is 13.9. The number of hydrogen-bond donors (Lipinski definition) is 0. The number of allylic oxidation sites excluding steroid dienone is 2. The summed E-state index contributed by atoms with van der Waals surface area (Å²) < 4.78 is 47.7. The van der Waals surface area contributed by atoms with Crippen LogP contribution in [0, 0.1) is 11.8 Å². The second kappa shape index (κ2) is 11.5. The summed E-state index contributed by atoms with van der Waals surface area (Å²) in [4.78, 5) is 26.5. The van der Waals surface area contributed by atoms with Crippen molar-refractivity contribution in [3.63, 3.8) is 0 Å². The Kier molecular flexibility index (Phi) is 7.99. The van der Waals surface area contributed by atoms with Crippen molar-refractivity contribution >= 4 is 11.9 Å². The Morgan fingerprint density at radius 1 is 0.714 bits per heavy atom. The second-order valence-electron chi connectivity index (χ2n) is 10.5. The van der Waals surface area contributed by atoms with Gasteiger partial charge in [-0.1, -0.05) is 26.0 Å². The lowest BCUT2D eigenvalue weighted by Gasteiger charge is -2.38. The third-order valence-electron chi connectivity index (χ3n) is 8.33. The van der Waals surface area contributed by atoms with E-state index in [-0.39, 0.29) is 25.4 Å². The lowest BCUT2D eigenvalue weighted by Crippen LogP contribution is -2.31. The molecule has 4 atom stereocenters. The summed E-state index contributed by atoms with van der Waals surface area (Å²) in [7, 11) is 3.05. The zero-order valence-electron chi connectivity index (χ0n) is 25.1. The van der Waals surface area contributed by atoms with Crippen molar-refractivity contribution < 1.29 is 47.5 Å². The molecule has 10 heteroatoms. The van der Waals surface area contributed by atoms with Gasteiger partial charge in [-0.15, -0.1) is 0 Å². The van der Waals surface area contributed by atoms with Crippen LogP contribution < -0.4 is 28.4 Å². The number of rotatable bonds is 6. The van der Waals surface area contributed by atoms with Gasteiger partial charge in [-0.3, -0.25) is 0 Å². The fourth-order valence-electron chi connectivity index (χ4n) is 5.53. The van der Waals surface area contributed by atoms with Crippen LogP contribution in [-0.4, -0.2) is 39.7 Å². The molecule has 2 heterocycles. The molecule has 0 aromatic heterocycles. The van der Waals surface area contributed by atoms with E-state index in [2.05, 4.69) is 0 Å². The Morgan fingerprint density at radius 3 is 1.43 bits per heavy atom. The number of hydrogen-bond acceptors (Lipinski definition) is 10. The van der Waals surface area contributed by atoms with Gasteiger partial charge in [-0.05, 0) is 39.8 Å². The van der Waals surface area contributed by atoms with E-state index >= 15 is 0 Å². The van der Waals surface area contributed by atoms with Crippen LogP contribution in [0.2, 0.25) is 0 Å². The van der Waals surface area contributed by atoms with Crippen LogP contribution in [0.4, 0.5) is 0 Å². The van der Waals surface area contributed by atoms with E-state index in [0.717, 1.165) is 0 Å². The van der Waals surface area contributed by atoms with E-state index in [0.29, 0.717) is 67.9 Å². The average molecular weight is 581 g/mol. The number of ether oxygens (including phenoxy) is 8. The molecule has 5 rings (SSSR count). The SMILES string of the molecule is CC=C(C)C(=O)O[C@H]1c2cc3c(c(OC)c2-c2c(cc4c(c2OC)OCO4)[C@H](OC(=O)C(C)=CC)[C@@H](C)[C@H]1C)OCO3. The van der Waals surface area contributed by atoms with Crippen molar-refractivity contribution in [2.24, 2.45) is 11.8 Å². The molecule has 0 saturated heterocycles. The molecular formula is C32H36O10. The van der Waals surface area contributed by atoms with Gasteiger partial charge in [0.2, 0.25) is 25.1 Å². The van der Waals surface area contributed by atoms with E-state index in [4.69, 9.17) is 37.9 Å². The first-order valence-corrected chi connectivity index (χ1v) is 13.9. The van der Waals surface area contributed by atoms with Gasteiger partial charge in [-0.25, -0.2) is 9.59 Å². The van der Waals surface area contributed by atoms with Crippen molar-refractivity contribution in [1.82, 2.24) is 0 Å². The Hall–Kier alpha value is -4.34. The summed E-state index contributed by atoms with van der Waals surface area (Å²) in [6, 6.07) is 3.63. The third kappa shape index (κ3) is 4.68. The standard InChI is InChI=1S/C32H36O10/c1-9-15(3)31(33)41-25-17(5)18(6)26(42-32(34)16(4)10-2)20-12-22-28(40-14-38-22)30(36-8)24(20)23-19(25)11-21-27(29(23)35-7)39-13-37-21/h9-12,17-18,25-26H,13-14H2,1-8H3/t17-,18+,25-,26-/m1/s1. The summed E-state index contributed by atoms with van der Waals surface area (Å²) in [6.07, 6.45) is 1.80. The normalized spacial score (nSPS) is 22.4. The molecule has 2 aromatic carbocycles. The van der Waals surface area contributed by atoms with E-state index in [1.54, 1.807) is 39.8 Å².